The van der Waals surface area contributed by atoms with Crippen molar-refractivity contribution in [2.24, 2.45) is 0 Å². The summed E-state index contributed by atoms with van der Waals surface area (Å²) in [5, 5.41) is 15.9. The van der Waals surface area contributed by atoms with Crippen LogP contribution in [0.4, 0.5) is 5.95 Å². The number of phenolic OH excluding ortho intramolecular Hbond substituents is 1. The number of nitrogens with zero attached hydrogens (tertiary/aromatic N) is 2. The second-order valence-corrected chi connectivity index (χ2v) is 2.94. The van der Waals surface area contributed by atoms with Gasteiger partial charge in [0.05, 0.1) is 0 Å². The zero-order chi connectivity index (χ0) is 9.97. The minimum Gasteiger partial charge on any atom is -0.508 e. The smallest absolute Gasteiger partial charge is 0.216 e. The Morgan fingerprint density at radius 2 is 2.14 bits per heavy atom. The molecule has 0 fully saturated rings. The monoisotopic (exact) mass is 190 g/mol. The van der Waals surface area contributed by atoms with E-state index in [1.54, 1.807) is 12.1 Å². The van der Waals surface area contributed by atoms with E-state index in [1.807, 2.05) is 12.1 Å². The molecular formula is C9H10N4O. The van der Waals surface area contributed by atoms with E-state index in [0.29, 0.717) is 12.2 Å². The van der Waals surface area contributed by atoms with Gasteiger partial charge in [0.25, 0.3) is 0 Å². The molecule has 14 heavy (non-hydrogen) atoms. The Labute approximate surface area is 80.6 Å². The van der Waals surface area contributed by atoms with E-state index in [2.05, 4.69) is 15.2 Å². The Morgan fingerprint density at radius 3 is 2.79 bits per heavy atom. The van der Waals surface area contributed by atoms with Crippen molar-refractivity contribution < 1.29 is 5.11 Å². The van der Waals surface area contributed by atoms with Crippen LogP contribution >= 0.6 is 0 Å². The Hall–Kier alpha value is -2.04. The first-order chi connectivity index (χ1) is 6.75. The number of H-pyrrole nitrogens is 1. The van der Waals surface area contributed by atoms with Crippen molar-refractivity contribution in [3.05, 3.63) is 35.7 Å². The third-order valence-electron chi connectivity index (χ3n) is 1.89. The van der Waals surface area contributed by atoms with E-state index < -0.39 is 0 Å². The lowest BCUT2D eigenvalue weighted by Crippen LogP contribution is -1.91. The normalized spacial score (nSPS) is 10.3. The maximum absolute atomic E-state index is 9.48. The van der Waals surface area contributed by atoms with Gasteiger partial charge in [-0.15, -0.1) is 0 Å². The molecule has 1 aromatic heterocycles. The van der Waals surface area contributed by atoms with Gasteiger partial charge in [-0.1, -0.05) is 18.2 Å². The van der Waals surface area contributed by atoms with Crippen LogP contribution in [0.5, 0.6) is 5.75 Å². The Morgan fingerprint density at radius 1 is 1.36 bits per heavy atom. The van der Waals surface area contributed by atoms with Gasteiger partial charge < -0.3 is 10.8 Å². The summed E-state index contributed by atoms with van der Waals surface area (Å²) in [6.45, 7) is 0. The van der Waals surface area contributed by atoms with E-state index in [0.717, 1.165) is 5.56 Å². The van der Waals surface area contributed by atoms with E-state index in [1.165, 1.54) is 0 Å². The predicted molar refractivity (Wildman–Crippen MR) is 51.7 cm³/mol. The van der Waals surface area contributed by atoms with Crippen molar-refractivity contribution in [1.82, 2.24) is 15.2 Å². The van der Waals surface area contributed by atoms with Gasteiger partial charge in [-0.05, 0) is 6.07 Å². The van der Waals surface area contributed by atoms with E-state index in [4.69, 9.17) is 5.73 Å². The molecular weight excluding hydrogens is 180 g/mol. The third kappa shape index (κ3) is 1.66. The first-order valence-corrected chi connectivity index (χ1v) is 4.19. The highest BCUT2D eigenvalue weighted by molar-refractivity contribution is 5.34. The van der Waals surface area contributed by atoms with Crippen molar-refractivity contribution in [1.29, 1.82) is 0 Å². The summed E-state index contributed by atoms with van der Waals surface area (Å²) in [5.74, 6) is 1.11. The van der Waals surface area contributed by atoms with Gasteiger partial charge in [0.2, 0.25) is 5.95 Å². The molecule has 0 amide bonds. The molecule has 1 heterocycles. The Bertz CT molecular complexity index is 438. The van der Waals surface area contributed by atoms with Crippen LogP contribution in [0.2, 0.25) is 0 Å². The van der Waals surface area contributed by atoms with Crippen LogP contribution < -0.4 is 5.73 Å². The molecule has 0 spiro atoms. The highest BCUT2D eigenvalue weighted by Crippen LogP contribution is 2.17. The number of nitrogen functional groups attached to an aromatic ring is 1. The summed E-state index contributed by atoms with van der Waals surface area (Å²) < 4.78 is 0. The molecule has 0 aliphatic heterocycles. The number of aromatic amines is 1. The SMILES string of the molecule is Nc1nc(Cc2ccccc2O)n[nH]1. The average molecular weight is 190 g/mol. The first-order valence-electron chi connectivity index (χ1n) is 4.19. The van der Waals surface area contributed by atoms with E-state index in [-0.39, 0.29) is 11.7 Å². The number of phenols is 1. The van der Waals surface area contributed by atoms with E-state index in [9.17, 15) is 5.11 Å². The molecule has 5 nitrogen and oxygen atoms in total. The summed E-state index contributed by atoms with van der Waals surface area (Å²) in [7, 11) is 0. The quantitative estimate of drug-likeness (QED) is 0.649. The van der Waals surface area contributed by atoms with Gasteiger partial charge in [-0.25, -0.2) is 5.10 Å². The van der Waals surface area contributed by atoms with Crippen LogP contribution in [0.25, 0.3) is 0 Å². The third-order valence-corrected chi connectivity index (χ3v) is 1.89. The van der Waals surface area contributed by atoms with Gasteiger partial charge in [0, 0.05) is 12.0 Å². The first kappa shape index (κ1) is 8.55. The fourth-order valence-corrected chi connectivity index (χ4v) is 1.22. The van der Waals surface area contributed by atoms with Crippen molar-refractivity contribution in [3.8, 4) is 5.75 Å². The second kappa shape index (κ2) is 3.37. The summed E-state index contributed by atoms with van der Waals surface area (Å²) >= 11 is 0. The number of anilines is 1. The van der Waals surface area contributed by atoms with Crippen LogP contribution in [0.1, 0.15) is 11.4 Å². The van der Waals surface area contributed by atoms with Crippen LogP contribution in [0.15, 0.2) is 24.3 Å². The van der Waals surface area contributed by atoms with Crippen LogP contribution in [0, 0.1) is 0 Å². The highest BCUT2D eigenvalue weighted by atomic mass is 16.3. The van der Waals surface area contributed by atoms with Crippen molar-refractivity contribution in [2.75, 3.05) is 5.73 Å². The number of hydrogen-bond acceptors (Lipinski definition) is 4. The number of benzene rings is 1. The molecule has 0 aliphatic rings. The van der Waals surface area contributed by atoms with Gasteiger partial charge in [0.15, 0.2) is 5.82 Å². The lowest BCUT2D eigenvalue weighted by Gasteiger charge is -1.99. The Balaban J connectivity index is 2.23. The molecule has 0 unspecified atom stereocenters. The molecule has 4 N–H and O–H groups in total. The summed E-state index contributed by atoms with van der Waals surface area (Å²) in [6, 6.07) is 7.07. The van der Waals surface area contributed by atoms with Gasteiger partial charge >= 0.3 is 0 Å². The number of para-hydroxylation sites is 1. The minimum atomic E-state index is 0.246. The minimum absolute atomic E-state index is 0.246. The molecule has 0 bridgehead atoms. The summed E-state index contributed by atoms with van der Waals surface area (Å²) in [6.07, 6.45) is 0.473. The average Bonchev–Trinajstić information content (AvgIpc) is 2.56. The number of hydrogen-bond donors (Lipinski definition) is 3. The molecule has 2 aromatic rings. The number of nitrogens with one attached hydrogen (secondary N) is 1. The molecule has 0 saturated heterocycles. The number of aromatic hydroxyl groups is 1. The number of aromatic nitrogens is 3. The topological polar surface area (TPSA) is 87.8 Å². The zero-order valence-corrected chi connectivity index (χ0v) is 7.44. The highest BCUT2D eigenvalue weighted by Gasteiger charge is 2.05. The molecule has 0 saturated carbocycles. The number of rotatable bonds is 2. The maximum atomic E-state index is 9.48. The van der Waals surface area contributed by atoms with Gasteiger partial charge in [0.1, 0.15) is 5.75 Å². The van der Waals surface area contributed by atoms with Crippen LogP contribution in [0.3, 0.4) is 0 Å². The fourth-order valence-electron chi connectivity index (χ4n) is 1.22. The molecule has 2 rings (SSSR count). The fraction of sp³-hybridized carbons (Fsp3) is 0.111. The van der Waals surface area contributed by atoms with Crippen LogP contribution in [-0.2, 0) is 6.42 Å². The van der Waals surface area contributed by atoms with Crippen molar-refractivity contribution in [2.45, 2.75) is 6.42 Å². The second-order valence-electron chi connectivity index (χ2n) is 2.94. The van der Waals surface area contributed by atoms with Crippen LogP contribution in [-0.4, -0.2) is 20.3 Å². The standard InChI is InChI=1S/C9H10N4O/c10-9-11-8(12-13-9)5-6-3-1-2-4-7(6)14/h1-4,14H,5H2,(H3,10,11,12,13). The Kier molecular flexibility index (Phi) is 2.06. The molecule has 0 aliphatic carbocycles. The maximum Gasteiger partial charge on any atom is 0.216 e. The van der Waals surface area contributed by atoms with Gasteiger partial charge in [-0.2, -0.15) is 10.1 Å². The molecule has 72 valence electrons. The number of nitrogens with two attached hydrogens (primary N) is 1. The molecule has 1 aromatic carbocycles. The molecule has 5 heteroatoms. The lowest BCUT2D eigenvalue weighted by atomic mass is 10.1. The molecule has 0 atom stereocenters. The summed E-state index contributed by atoms with van der Waals surface area (Å²) in [4.78, 5) is 3.95. The summed E-state index contributed by atoms with van der Waals surface area (Å²) in [5.41, 5.74) is 6.16. The largest absolute Gasteiger partial charge is 0.508 e. The van der Waals surface area contributed by atoms with Crippen molar-refractivity contribution in [3.63, 3.8) is 0 Å². The lowest BCUT2D eigenvalue weighted by molar-refractivity contribution is 0.469. The zero-order valence-electron chi connectivity index (χ0n) is 7.44. The van der Waals surface area contributed by atoms with Crippen molar-refractivity contribution >= 4 is 5.95 Å². The predicted octanol–water partition coefficient (Wildman–Crippen LogP) is 0.683. The van der Waals surface area contributed by atoms with E-state index >= 15 is 0 Å². The molecule has 0 radical (unpaired) electrons. The van der Waals surface area contributed by atoms with Gasteiger partial charge in [-0.3, -0.25) is 0 Å².